The first-order valence-corrected chi connectivity index (χ1v) is 8.42. The Balaban J connectivity index is 2.06. The van der Waals surface area contributed by atoms with E-state index in [9.17, 15) is 9.90 Å². The molecule has 0 saturated heterocycles. The molecule has 0 aromatic carbocycles. The van der Waals surface area contributed by atoms with Crippen molar-refractivity contribution in [3.05, 3.63) is 40.6 Å². The van der Waals surface area contributed by atoms with Gasteiger partial charge >= 0.3 is 5.97 Å². The number of aromatic nitrogens is 1. The molecule has 24 heavy (non-hydrogen) atoms. The van der Waals surface area contributed by atoms with Crippen LogP contribution in [0.25, 0.3) is 5.57 Å². The Morgan fingerprint density at radius 2 is 2.25 bits per heavy atom. The second kappa shape index (κ2) is 7.18. The number of hydrogen-bond donors (Lipinski definition) is 1. The molecule has 0 saturated carbocycles. The molecular weight excluding hydrogens is 306 g/mol. The molecular formula is C19H23NO4. The van der Waals surface area contributed by atoms with Crippen LogP contribution in [0.5, 0.6) is 5.88 Å². The summed E-state index contributed by atoms with van der Waals surface area (Å²) >= 11 is 0. The molecule has 0 amide bonds. The first kappa shape index (κ1) is 16.7. The molecule has 5 nitrogen and oxygen atoms in total. The van der Waals surface area contributed by atoms with Crippen LogP contribution < -0.4 is 4.74 Å². The number of aliphatic hydroxyl groups excluding tert-OH is 1. The van der Waals surface area contributed by atoms with Gasteiger partial charge in [-0.1, -0.05) is 11.6 Å². The van der Waals surface area contributed by atoms with Gasteiger partial charge in [0, 0.05) is 18.1 Å². The lowest BCUT2D eigenvalue weighted by Gasteiger charge is -2.22. The van der Waals surface area contributed by atoms with Crippen LogP contribution in [0.15, 0.2) is 29.4 Å². The number of allylic oxidation sites excluding steroid dienone is 1. The highest BCUT2D eigenvalue weighted by Crippen LogP contribution is 2.37. The fourth-order valence-electron chi connectivity index (χ4n) is 3.44. The third kappa shape index (κ3) is 3.36. The number of esters is 1. The summed E-state index contributed by atoms with van der Waals surface area (Å²) in [6.45, 7) is 2.15. The van der Waals surface area contributed by atoms with Gasteiger partial charge < -0.3 is 14.6 Å². The normalized spacial score (nSPS) is 19.8. The number of rotatable bonds is 4. The van der Waals surface area contributed by atoms with Crippen LogP contribution in [0, 0.1) is 0 Å². The van der Waals surface area contributed by atoms with E-state index in [1.165, 1.54) is 5.57 Å². The van der Waals surface area contributed by atoms with Crippen LogP contribution in [0.4, 0.5) is 0 Å². The van der Waals surface area contributed by atoms with Crippen LogP contribution in [0.3, 0.4) is 0 Å². The zero-order valence-corrected chi connectivity index (χ0v) is 14.2. The Morgan fingerprint density at radius 1 is 1.42 bits per heavy atom. The Morgan fingerprint density at radius 3 is 3.00 bits per heavy atom. The first-order valence-electron chi connectivity index (χ1n) is 8.42. The molecule has 1 heterocycles. The topological polar surface area (TPSA) is 68.7 Å². The minimum Gasteiger partial charge on any atom is -0.481 e. The summed E-state index contributed by atoms with van der Waals surface area (Å²) in [6.07, 6.45) is 5.04. The summed E-state index contributed by atoms with van der Waals surface area (Å²) in [5.41, 5.74) is 4.83. The molecule has 1 aromatic heterocycles. The molecule has 2 aliphatic rings. The minimum absolute atomic E-state index is 0.179. The average molecular weight is 329 g/mol. The lowest BCUT2D eigenvalue weighted by atomic mass is 9.87. The van der Waals surface area contributed by atoms with E-state index in [1.54, 1.807) is 20.1 Å². The zero-order chi connectivity index (χ0) is 17.1. The predicted molar refractivity (Wildman–Crippen MR) is 90.6 cm³/mol. The van der Waals surface area contributed by atoms with E-state index < -0.39 is 6.10 Å². The second-order valence-corrected chi connectivity index (χ2v) is 6.14. The molecule has 0 aliphatic heterocycles. The number of fused-ring (bicyclic) bond motifs is 1. The monoisotopic (exact) mass is 329 g/mol. The lowest BCUT2D eigenvalue weighted by Crippen LogP contribution is -2.16. The van der Waals surface area contributed by atoms with Gasteiger partial charge in [0.25, 0.3) is 0 Å². The summed E-state index contributed by atoms with van der Waals surface area (Å²) in [5.74, 6) is 0.296. The van der Waals surface area contributed by atoms with Crippen molar-refractivity contribution in [2.75, 3.05) is 13.7 Å². The zero-order valence-electron chi connectivity index (χ0n) is 14.2. The van der Waals surface area contributed by atoms with E-state index in [4.69, 9.17) is 9.47 Å². The number of nitrogens with zero attached hydrogens (tertiary/aromatic N) is 1. The van der Waals surface area contributed by atoms with Crippen molar-refractivity contribution in [3.63, 3.8) is 0 Å². The largest absolute Gasteiger partial charge is 0.481 e. The van der Waals surface area contributed by atoms with Crippen LogP contribution >= 0.6 is 0 Å². The molecule has 5 heteroatoms. The third-order valence-corrected chi connectivity index (χ3v) is 4.58. The van der Waals surface area contributed by atoms with Crippen LogP contribution in [0.1, 0.15) is 43.9 Å². The SMILES string of the molecule is CCOC(=O)CC1=CC2=C(CCC[C@@H]2O)Cc2nc(OC)ccc21. The summed E-state index contributed by atoms with van der Waals surface area (Å²) in [4.78, 5) is 16.6. The Hall–Kier alpha value is -2.14. The van der Waals surface area contributed by atoms with E-state index in [1.807, 2.05) is 12.1 Å². The van der Waals surface area contributed by atoms with E-state index in [0.717, 1.165) is 41.7 Å². The van der Waals surface area contributed by atoms with Gasteiger partial charge in [0.05, 0.1) is 31.9 Å². The second-order valence-electron chi connectivity index (χ2n) is 6.14. The fourth-order valence-corrected chi connectivity index (χ4v) is 3.44. The highest BCUT2D eigenvalue weighted by atomic mass is 16.5. The molecule has 0 unspecified atom stereocenters. The van der Waals surface area contributed by atoms with Gasteiger partial charge in [0.1, 0.15) is 0 Å². The third-order valence-electron chi connectivity index (χ3n) is 4.58. The van der Waals surface area contributed by atoms with Gasteiger partial charge in [-0.05, 0) is 43.4 Å². The quantitative estimate of drug-likeness (QED) is 0.860. The number of ether oxygens (including phenoxy) is 2. The smallest absolute Gasteiger partial charge is 0.310 e. The van der Waals surface area contributed by atoms with Crippen molar-refractivity contribution < 1.29 is 19.4 Å². The molecule has 0 radical (unpaired) electrons. The molecule has 128 valence electrons. The number of pyridine rings is 1. The molecule has 0 fully saturated rings. The van der Waals surface area contributed by atoms with Crippen molar-refractivity contribution in [1.29, 1.82) is 0 Å². The minimum atomic E-state index is -0.470. The van der Waals surface area contributed by atoms with Crippen molar-refractivity contribution in [2.45, 2.75) is 45.1 Å². The van der Waals surface area contributed by atoms with Crippen LogP contribution in [-0.4, -0.2) is 35.9 Å². The molecule has 2 aliphatic carbocycles. The van der Waals surface area contributed by atoms with Gasteiger partial charge in [0.2, 0.25) is 5.88 Å². The lowest BCUT2D eigenvalue weighted by molar-refractivity contribution is -0.141. The summed E-state index contributed by atoms with van der Waals surface area (Å²) in [7, 11) is 1.59. The Bertz CT molecular complexity index is 705. The molecule has 3 rings (SSSR count). The highest BCUT2D eigenvalue weighted by molar-refractivity contribution is 5.87. The van der Waals surface area contributed by atoms with Gasteiger partial charge in [-0.15, -0.1) is 0 Å². The van der Waals surface area contributed by atoms with Gasteiger partial charge in [-0.3, -0.25) is 4.79 Å². The van der Waals surface area contributed by atoms with Gasteiger partial charge in [0.15, 0.2) is 0 Å². The Kier molecular flexibility index (Phi) is 5.00. The molecule has 1 N–H and O–H groups in total. The molecule has 0 bridgehead atoms. The summed E-state index contributed by atoms with van der Waals surface area (Å²) in [6, 6.07) is 3.75. The van der Waals surface area contributed by atoms with Crippen molar-refractivity contribution >= 4 is 11.5 Å². The number of methoxy groups -OCH3 is 1. The van der Waals surface area contributed by atoms with E-state index in [0.29, 0.717) is 18.9 Å². The van der Waals surface area contributed by atoms with Gasteiger partial charge in [-0.2, -0.15) is 0 Å². The summed E-state index contributed by atoms with van der Waals surface area (Å²) < 4.78 is 10.4. The highest BCUT2D eigenvalue weighted by Gasteiger charge is 2.26. The molecule has 1 atom stereocenters. The van der Waals surface area contributed by atoms with Crippen molar-refractivity contribution in [3.8, 4) is 5.88 Å². The standard InChI is InChI=1S/C19H23NO4/c1-3-24-19(22)11-13-9-15-12(5-4-6-17(15)21)10-16-14(13)7-8-18(20-16)23-2/h7-9,17,21H,3-6,10-11H2,1-2H3/t17-/m0/s1. The maximum atomic E-state index is 12.0. The van der Waals surface area contributed by atoms with E-state index in [-0.39, 0.29) is 12.4 Å². The number of carbonyl (C=O) groups is 1. The Labute approximate surface area is 142 Å². The van der Waals surface area contributed by atoms with Crippen molar-refractivity contribution in [2.24, 2.45) is 0 Å². The molecule has 1 aromatic rings. The van der Waals surface area contributed by atoms with Crippen molar-refractivity contribution in [1.82, 2.24) is 4.98 Å². The number of carbonyl (C=O) groups excluding carboxylic acids is 1. The number of hydrogen-bond acceptors (Lipinski definition) is 5. The maximum Gasteiger partial charge on any atom is 0.310 e. The van der Waals surface area contributed by atoms with E-state index >= 15 is 0 Å². The van der Waals surface area contributed by atoms with Crippen LogP contribution in [0.2, 0.25) is 0 Å². The summed E-state index contributed by atoms with van der Waals surface area (Å²) in [5, 5.41) is 10.4. The maximum absolute atomic E-state index is 12.0. The molecule has 0 spiro atoms. The van der Waals surface area contributed by atoms with E-state index in [2.05, 4.69) is 4.98 Å². The van der Waals surface area contributed by atoms with Crippen LogP contribution in [-0.2, 0) is 16.0 Å². The van der Waals surface area contributed by atoms with Gasteiger partial charge in [-0.25, -0.2) is 4.98 Å². The fraction of sp³-hybridized carbons (Fsp3) is 0.474. The average Bonchev–Trinajstić information content (AvgIpc) is 2.72. The predicted octanol–water partition coefficient (Wildman–Crippen LogP) is 2.82. The first-order chi connectivity index (χ1) is 11.6. The number of aliphatic hydroxyl groups is 1.